The Balaban J connectivity index is 1.85. The Bertz CT molecular complexity index is 258. The van der Waals surface area contributed by atoms with Gasteiger partial charge in [-0.2, -0.15) is 0 Å². The van der Waals surface area contributed by atoms with Crippen molar-refractivity contribution in [1.29, 1.82) is 0 Å². The lowest BCUT2D eigenvalue weighted by Crippen LogP contribution is -2.56. The molecular weight excluding hydrogens is 220 g/mol. The molecule has 1 saturated carbocycles. The summed E-state index contributed by atoms with van der Waals surface area (Å²) in [6.07, 6.45) is 7.08. The van der Waals surface area contributed by atoms with Crippen molar-refractivity contribution >= 4 is 0 Å². The van der Waals surface area contributed by atoms with Gasteiger partial charge >= 0.3 is 0 Å². The molecule has 2 rings (SSSR count). The molecule has 2 nitrogen and oxygen atoms in total. The molecule has 106 valence electrons. The molecule has 0 radical (unpaired) electrons. The Kier molecular flexibility index (Phi) is 4.71. The fourth-order valence-electron chi connectivity index (χ4n) is 3.57. The first-order chi connectivity index (χ1) is 8.54. The monoisotopic (exact) mass is 252 g/mol. The zero-order chi connectivity index (χ0) is 13.2. The third kappa shape index (κ3) is 3.71. The number of hydrogen-bond acceptors (Lipinski definition) is 2. The van der Waals surface area contributed by atoms with Gasteiger partial charge in [-0.25, -0.2) is 0 Å². The summed E-state index contributed by atoms with van der Waals surface area (Å²) in [5, 5.41) is 3.73. The molecule has 2 unspecified atom stereocenters. The molecule has 1 heterocycles. The van der Waals surface area contributed by atoms with Gasteiger partial charge in [0.25, 0.3) is 0 Å². The molecule has 0 aromatic heterocycles. The third-order valence-electron chi connectivity index (χ3n) is 4.81. The van der Waals surface area contributed by atoms with Gasteiger partial charge in [0.2, 0.25) is 0 Å². The topological polar surface area (TPSA) is 15.3 Å². The molecule has 0 aromatic rings. The number of rotatable bonds is 6. The van der Waals surface area contributed by atoms with Crippen molar-refractivity contribution in [3.63, 3.8) is 0 Å². The van der Waals surface area contributed by atoms with E-state index in [2.05, 4.69) is 37.9 Å². The van der Waals surface area contributed by atoms with Gasteiger partial charge in [0, 0.05) is 31.7 Å². The van der Waals surface area contributed by atoms with E-state index < -0.39 is 0 Å². The number of hydrogen-bond donors (Lipinski definition) is 1. The highest BCUT2D eigenvalue weighted by molar-refractivity contribution is 4.97. The van der Waals surface area contributed by atoms with Gasteiger partial charge in [-0.05, 0) is 43.9 Å². The van der Waals surface area contributed by atoms with Crippen LogP contribution in [0.25, 0.3) is 0 Å². The largest absolute Gasteiger partial charge is 0.311 e. The second kappa shape index (κ2) is 5.92. The van der Waals surface area contributed by atoms with Crippen molar-refractivity contribution in [1.82, 2.24) is 10.2 Å². The Morgan fingerprint density at radius 2 is 2.06 bits per heavy atom. The van der Waals surface area contributed by atoms with E-state index in [0.29, 0.717) is 5.41 Å². The quantitative estimate of drug-likeness (QED) is 0.780. The maximum Gasteiger partial charge on any atom is 0.0198 e. The molecule has 0 spiro atoms. The van der Waals surface area contributed by atoms with E-state index in [9.17, 15) is 0 Å². The minimum absolute atomic E-state index is 0.711. The summed E-state index contributed by atoms with van der Waals surface area (Å²) in [4.78, 5) is 2.77. The highest BCUT2D eigenvalue weighted by atomic mass is 15.2. The van der Waals surface area contributed by atoms with Crippen molar-refractivity contribution in [2.24, 2.45) is 11.3 Å². The van der Waals surface area contributed by atoms with Crippen LogP contribution in [0.15, 0.2) is 0 Å². The molecule has 0 aromatic carbocycles. The Morgan fingerprint density at radius 1 is 1.33 bits per heavy atom. The van der Waals surface area contributed by atoms with Crippen LogP contribution in [0.5, 0.6) is 0 Å². The van der Waals surface area contributed by atoms with Crippen LogP contribution >= 0.6 is 0 Å². The summed E-state index contributed by atoms with van der Waals surface area (Å²) >= 11 is 0. The molecule has 2 fully saturated rings. The highest BCUT2D eigenvalue weighted by Crippen LogP contribution is 2.50. The lowest BCUT2D eigenvalue weighted by Gasteiger charge is -2.41. The van der Waals surface area contributed by atoms with Gasteiger partial charge in [-0.3, -0.25) is 4.90 Å². The van der Waals surface area contributed by atoms with E-state index >= 15 is 0 Å². The molecule has 2 aliphatic rings. The van der Waals surface area contributed by atoms with E-state index in [4.69, 9.17) is 0 Å². The average molecular weight is 252 g/mol. The molecule has 2 heteroatoms. The minimum atomic E-state index is 0.711. The van der Waals surface area contributed by atoms with Crippen LogP contribution in [0, 0.1) is 11.3 Å². The minimum Gasteiger partial charge on any atom is -0.311 e. The molecular formula is C16H32N2. The van der Waals surface area contributed by atoms with Crippen molar-refractivity contribution in [2.75, 3.05) is 19.6 Å². The van der Waals surface area contributed by atoms with Crippen molar-refractivity contribution in [3.05, 3.63) is 0 Å². The van der Waals surface area contributed by atoms with Crippen molar-refractivity contribution in [2.45, 2.75) is 71.9 Å². The van der Waals surface area contributed by atoms with Crippen LogP contribution in [0.2, 0.25) is 0 Å². The van der Waals surface area contributed by atoms with Crippen LogP contribution in [0.3, 0.4) is 0 Å². The lowest BCUT2D eigenvalue weighted by atomic mass is 9.96. The van der Waals surface area contributed by atoms with Gasteiger partial charge < -0.3 is 5.32 Å². The normalized spacial score (nSPS) is 31.8. The van der Waals surface area contributed by atoms with Crippen molar-refractivity contribution in [3.8, 4) is 0 Å². The zero-order valence-electron chi connectivity index (χ0n) is 12.8. The summed E-state index contributed by atoms with van der Waals surface area (Å²) in [5.74, 6) is 0.809. The predicted octanol–water partition coefficient (Wildman–Crippen LogP) is 3.28. The predicted molar refractivity (Wildman–Crippen MR) is 78.9 cm³/mol. The second-order valence-electron chi connectivity index (χ2n) is 7.26. The molecule has 1 N–H and O–H groups in total. The van der Waals surface area contributed by atoms with Crippen molar-refractivity contribution < 1.29 is 0 Å². The molecule has 0 bridgehead atoms. The van der Waals surface area contributed by atoms with Crippen LogP contribution < -0.4 is 5.32 Å². The number of nitrogens with zero attached hydrogens (tertiary/aromatic N) is 1. The highest BCUT2D eigenvalue weighted by Gasteiger charge is 2.44. The fourth-order valence-corrected chi connectivity index (χ4v) is 3.57. The summed E-state index contributed by atoms with van der Waals surface area (Å²) < 4.78 is 0. The smallest absolute Gasteiger partial charge is 0.0198 e. The molecule has 1 saturated heterocycles. The fraction of sp³-hybridized carbons (Fsp3) is 1.00. The van der Waals surface area contributed by atoms with Gasteiger partial charge in [0.1, 0.15) is 0 Å². The Hall–Kier alpha value is -0.0800. The van der Waals surface area contributed by atoms with E-state index in [1.807, 2.05) is 0 Å². The molecule has 0 amide bonds. The summed E-state index contributed by atoms with van der Waals surface area (Å²) in [5.41, 5.74) is 0.711. The van der Waals surface area contributed by atoms with Gasteiger partial charge in [-0.15, -0.1) is 0 Å². The molecule has 18 heavy (non-hydrogen) atoms. The van der Waals surface area contributed by atoms with E-state index in [-0.39, 0.29) is 0 Å². The zero-order valence-corrected chi connectivity index (χ0v) is 12.8. The molecule has 1 aliphatic heterocycles. The summed E-state index contributed by atoms with van der Waals surface area (Å²) in [6, 6.07) is 1.45. The SMILES string of the molecule is CCCC1(CN2CC(CC(C)C)NCC2C)CC1. The lowest BCUT2D eigenvalue weighted by molar-refractivity contribution is 0.104. The Labute approximate surface area is 114 Å². The molecule has 2 atom stereocenters. The first-order valence-corrected chi connectivity index (χ1v) is 8.02. The first-order valence-electron chi connectivity index (χ1n) is 8.02. The van der Waals surface area contributed by atoms with E-state index in [1.165, 1.54) is 51.7 Å². The van der Waals surface area contributed by atoms with E-state index in [1.54, 1.807) is 0 Å². The van der Waals surface area contributed by atoms with Gasteiger partial charge in [0.15, 0.2) is 0 Å². The average Bonchev–Trinajstić information content (AvgIpc) is 3.03. The third-order valence-corrected chi connectivity index (χ3v) is 4.81. The van der Waals surface area contributed by atoms with Crippen LogP contribution in [0.4, 0.5) is 0 Å². The Morgan fingerprint density at radius 3 is 2.61 bits per heavy atom. The van der Waals surface area contributed by atoms with Gasteiger partial charge in [-0.1, -0.05) is 27.2 Å². The van der Waals surface area contributed by atoms with Crippen LogP contribution in [-0.2, 0) is 0 Å². The van der Waals surface area contributed by atoms with Gasteiger partial charge in [0.05, 0.1) is 0 Å². The molecule has 1 aliphatic carbocycles. The first kappa shape index (κ1) is 14.3. The number of nitrogens with one attached hydrogen (secondary N) is 1. The summed E-state index contributed by atoms with van der Waals surface area (Å²) in [7, 11) is 0. The second-order valence-corrected chi connectivity index (χ2v) is 7.26. The number of piperazine rings is 1. The maximum atomic E-state index is 3.73. The van der Waals surface area contributed by atoms with Crippen LogP contribution in [0.1, 0.15) is 59.8 Å². The standard InChI is InChI=1S/C16H32N2/c1-5-6-16(7-8-16)12-18-11-15(9-13(2)3)17-10-14(18)4/h13-15,17H,5-12H2,1-4H3. The van der Waals surface area contributed by atoms with Crippen LogP contribution in [-0.4, -0.2) is 36.6 Å². The maximum absolute atomic E-state index is 3.73. The van der Waals surface area contributed by atoms with E-state index in [0.717, 1.165) is 18.0 Å². The summed E-state index contributed by atoms with van der Waals surface area (Å²) in [6.45, 7) is 13.2.